The molecule has 5 rings (SSSR count). The van der Waals surface area contributed by atoms with E-state index in [4.69, 9.17) is 10.2 Å². The first-order valence-electron chi connectivity index (χ1n) is 11.1. The summed E-state index contributed by atoms with van der Waals surface area (Å²) in [4.78, 5) is 37.6. The van der Waals surface area contributed by atoms with Gasteiger partial charge in [-0.1, -0.05) is 0 Å². The number of hydrogen-bond donors (Lipinski definition) is 4. The number of pyridine rings is 1. The van der Waals surface area contributed by atoms with Crippen molar-refractivity contribution < 1.29 is 19.4 Å². The van der Waals surface area contributed by atoms with E-state index in [1.54, 1.807) is 12.1 Å². The summed E-state index contributed by atoms with van der Waals surface area (Å²) in [5.41, 5.74) is 3.45. The van der Waals surface area contributed by atoms with Crippen molar-refractivity contribution in [1.82, 2.24) is 19.9 Å². The molecule has 184 valence electrons. The molecule has 2 aromatic carbocycles. The van der Waals surface area contributed by atoms with Gasteiger partial charge in [0.15, 0.2) is 0 Å². The summed E-state index contributed by atoms with van der Waals surface area (Å²) >= 11 is 1.21. The molecule has 1 aliphatic heterocycles. The number of anilines is 1. The van der Waals surface area contributed by atoms with Crippen LogP contribution in [0.25, 0.3) is 33.3 Å². The quantitative estimate of drug-likeness (QED) is 0.280. The van der Waals surface area contributed by atoms with Gasteiger partial charge in [-0.25, -0.2) is 4.79 Å². The van der Waals surface area contributed by atoms with Crippen LogP contribution in [0.15, 0.2) is 41.2 Å². The molecule has 11 heteroatoms. The number of nitrogens with zero attached hydrogens (tertiary/aromatic N) is 3. The first-order valence-corrected chi connectivity index (χ1v) is 12.3. The zero-order valence-electron chi connectivity index (χ0n) is 19.4. The Morgan fingerprint density at radius 3 is 2.49 bits per heavy atom. The van der Waals surface area contributed by atoms with Crippen LogP contribution < -0.4 is 14.8 Å². The van der Waals surface area contributed by atoms with Crippen molar-refractivity contribution in [3.63, 3.8) is 0 Å². The molecule has 2 aromatic heterocycles. The molecule has 1 saturated heterocycles. The number of hydrogen-bond acceptors (Lipinski definition) is 6. The molecular formula is C24H27AsFN5O4. The van der Waals surface area contributed by atoms with Crippen molar-refractivity contribution >= 4 is 54.8 Å². The number of halogens is 1. The van der Waals surface area contributed by atoms with Gasteiger partial charge >= 0.3 is 181 Å². The first kappa shape index (κ1) is 24.9. The molecule has 9 nitrogen and oxygen atoms in total. The Labute approximate surface area is 209 Å². The third-order valence-electron chi connectivity index (χ3n) is 5.96. The number of fused-ring (bicyclic) bond motifs is 2. The van der Waals surface area contributed by atoms with Crippen molar-refractivity contribution in [1.29, 1.82) is 0 Å². The topological polar surface area (TPSA) is 126 Å². The number of aliphatic hydroxyl groups is 1. The van der Waals surface area contributed by atoms with Crippen molar-refractivity contribution in [2.75, 3.05) is 38.1 Å². The van der Waals surface area contributed by atoms with E-state index in [2.05, 4.69) is 43.9 Å². The zero-order chi connectivity index (χ0) is 25.3. The zero-order valence-corrected chi connectivity index (χ0v) is 21.8. The van der Waals surface area contributed by atoms with Gasteiger partial charge in [0.25, 0.3) is 0 Å². The van der Waals surface area contributed by atoms with Crippen LogP contribution >= 0.6 is 0 Å². The van der Waals surface area contributed by atoms with Crippen LogP contribution in [0.4, 0.5) is 10.1 Å². The molecule has 0 amide bonds. The molecule has 0 saturated carbocycles. The second-order valence-electron chi connectivity index (χ2n) is 8.50. The molecule has 2 atom stereocenters. The summed E-state index contributed by atoms with van der Waals surface area (Å²) in [7, 11) is 2.13. The summed E-state index contributed by atoms with van der Waals surface area (Å²) in [5.74, 6) is -1.05. The maximum absolute atomic E-state index is 14.4. The van der Waals surface area contributed by atoms with Gasteiger partial charge in [0.2, 0.25) is 0 Å². The summed E-state index contributed by atoms with van der Waals surface area (Å²) in [6, 6.07) is 10.8. The van der Waals surface area contributed by atoms with E-state index in [-0.39, 0.29) is 11.4 Å². The average Bonchev–Trinajstić information content (AvgIpc) is 3.22. The number of imidazole rings is 1. The van der Waals surface area contributed by atoms with Gasteiger partial charge in [-0.3, -0.25) is 0 Å². The SMILES string of the molecule is CC(O)C(=O)O.CN1CCN(c2ccc3nc(-c4c([AsH2])c5c(F)cccc5[nH]c4=O)[nH]c3c2)CC1. The van der Waals surface area contributed by atoms with Gasteiger partial charge in [-0.2, -0.15) is 0 Å². The van der Waals surface area contributed by atoms with Crippen molar-refractivity contribution in [2.24, 2.45) is 0 Å². The monoisotopic (exact) mass is 543 g/mol. The fraction of sp³-hybridized carbons (Fsp3) is 0.292. The Morgan fingerprint density at radius 1 is 1.14 bits per heavy atom. The molecular weight excluding hydrogens is 516 g/mol. The van der Waals surface area contributed by atoms with Gasteiger partial charge in [-0.15, -0.1) is 0 Å². The number of nitrogens with one attached hydrogen (secondary N) is 2. The van der Waals surface area contributed by atoms with E-state index in [0.29, 0.717) is 26.6 Å². The number of carboxylic acid groups (broad SMARTS) is 1. The molecule has 0 bridgehead atoms. The number of H-pyrrole nitrogens is 2. The fourth-order valence-corrected chi connectivity index (χ4v) is 5.12. The van der Waals surface area contributed by atoms with Crippen molar-refractivity contribution in [2.45, 2.75) is 13.0 Å². The summed E-state index contributed by atoms with van der Waals surface area (Å²) < 4.78 is 15.1. The third kappa shape index (κ3) is 5.24. The van der Waals surface area contributed by atoms with Crippen LogP contribution in [0.2, 0.25) is 0 Å². The van der Waals surface area contributed by atoms with Gasteiger partial charge in [0.05, 0.1) is 0 Å². The number of aliphatic hydroxyl groups excluding tert-OH is 1. The van der Waals surface area contributed by atoms with Crippen LogP contribution in [0.1, 0.15) is 6.92 Å². The molecule has 2 unspecified atom stereocenters. The van der Waals surface area contributed by atoms with E-state index < -0.39 is 12.1 Å². The van der Waals surface area contributed by atoms with Crippen molar-refractivity contribution in [3.05, 3.63) is 52.6 Å². The molecule has 1 fully saturated rings. The minimum absolute atomic E-state index is 0.263. The normalized spacial score (nSPS) is 15.2. The Morgan fingerprint density at radius 2 is 1.83 bits per heavy atom. The van der Waals surface area contributed by atoms with E-state index in [0.717, 1.165) is 42.9 Å². The van der Waals surface area contributed by atoms with Crippen molar-refractivity contribution in [3.8, 4) is 11.4 Å². The van der Waals surface area contributed by atoms with Crippen LogP contribution in [0, 0.1) is 5.82 Å². The van der Waals surface area contributed by atoms with Crippen LogP contribution in [0.3, 0.4) is 0 Å². The summed E-state index contributed by atoms with van der Waals surface area (Å²) in [6.07, 6.45) is -1.23. The maximum atomic E-state index is 14.4. The predicted octanol–water partition coefficient (Wildman–Crippen LogP) is 0.672. The number of rotatable bonds is 3. The van der Waals surface area contributed by atoms with Gasteiger partial charge in [0, 0.05) is 0 Å². The predicted molar refractivity (Wildman–Crippen MR) is 137 cm³/mol. The van der Waals surface area contributed by atoms with Crippen LogP contribution in [-0.4, -0.2) is 92.2 Å². The molecule has 4 N–H and O–H groups in total. The molecule has 3 heterocycles. The summed E-state index contributed by atoms with van der Waals surface area (Å²) in [5, 5.41) is 16.2. The Hall–Kier alpha value is -3.20. The number of benzene rings is 2. The molecule has 0 radical (unpaired) electrons. The molecule has 4 aromatic rings. The first-order chi connectivity index (χ1) is 16.7. The second kappa shape index (κ2) is 10.2. The fourth-order valence-electron chi connectivity index (χ4n) is 3.95. The number of carbonyl (C=O) groups is 1. The number of likely N-dealkylation sites (N-methyl/N-ethyl adjacent to an activating group) is 1. The van der Waals surface area contributed by atoms with E-state index in [1.165, 1.54) is 29.8 Å². The van der Waals surface area contributed by atoms with Crippen LogP contribution in [0.5, 0.6) is 0 Å². The average molecular weight is 543 g/mol. The Kier molecular flexibility index (Phi) is 7.25. The molecule has 0 spiro atoms. The third-order valence-corrected chi connectivity index (χ3v) is 7.17. The van der Waals surface area contributed by atoms with Crippen LogP contribution in [-0.2, 0) is 4.79 Å². The number of aromatic amines is 2. The minimum atomic E-state index is -1.23. The Bertz CT molecular complexity index is 1440. The molecule has 35 heavy (non-hydrogen) atoms. The summed E-state index contributed by atoms with van der Waals surface area (Å²) in [6.45, 7) is 5.22. The van der Waals surface area contributed by atoms with Gasteiger partial charge in [0.1, 0.15) is 6.10 Å². The number of carboxylic acids is 1. The molecule has 0 aliphatic carbocycles. The number of aromatic nitrogens is 3. The standard InChI is InChI=1S/C21H21AsFN5O.C3H6O3/c1-27-7-9-28(10-8-27)12-5-6-14-16(11-12)25-20(24-14)18-19(22)17-13(23)3-2-4-15(17)26-21(18)29;1-2(4)3(5)6/h2-6,11H,7-10,22H2,1H3,(H,24,25)(H,26,29);2,4H,1H3,(H,5,6). The van der Waals surface area contributed by atoms with E-state index in [9.17, 15) is 14.0 Å². The second-order valence-corrected chi connectivity index (χ2v) is 9.71. The van der Waals surface area contributed by atoms with Gasteiger partial charge in [-0.05, 0) is 6.92 Å². The van der Waals surface area contributed by atoms with E-state index in [1.807, 2.05) is 6.07 Å². The molecule has 1 aliphatic rings. The van der Waals surface area contributed by atoms with E-state index >= 15 is 0 Å². The Balaban J connectivity index is 0.000000431. The van der Waals surface area contributed by atoms with Gasteiger partial charge < -0.3 is 10.2 Å². The number of aliphatic carboxylic acids is 1. The number of piperazine rings is 1.